The molecule has 5 rings (SSSR count). The number of aliphatic imine (C=N–C) groups is 1. The van der Waals surface area contributed by atoms with E-state index in [1.807, 2.05) is 54.6 Å². The van der Waals surface area contributed by atoms with Crippen LogP contribution in [0.15, 0.2) is 83.9 Å². The first-order chi connectivity index (χ1) is 15.5. The summed E-state index contributed by atoms with van der Waals surface area (Å²) in [6, 6.07) is 26.2. The van der Waals surface area contributed by atoms with Crippen LogP contribution in [0.3, 0.4) is 0 Å². The Morgan fingerprint density at radius 3 is 2.44 bits per heavy atom. The van der Waals surface area contributed by atoms with Crippen molar-refractivity contribution in [1.29, 1.82) is 0 Å². The van der Waals surface area contributed by atoms with Crippen molar-refractivity contribution in [3.8, 4) is 5.75 Å². The van der Waals surface area contributed by atoms with E-state index in [9.17, 15) is 4.79 Å². The number of nitrogens with one attached hydrogen (secondary N) is 1. The Labute approximate surface area is 189 Å². The smallest absolute Gasteiger partial charge is 0.144 e. The Bertz CT molecular complexity index is 1150. The molecular formula is C28H28N2O2. The van der Waals surface area contributed by atoms with E-state index in [2.05, 4.69) is 43.4 Å². The van der Waals surface area contributed by atoms with Crippen molar-refractivity contribution in [2.45, 2.75) is 39.3 Å². The highest BCUT2D eigenvalue weighted by molar-refractivity contribution is 6.10. The summed E-state index contributed by atoms with van der Waals surface area (Å²) >= 11 is 0. The van der Waals surface area contributed by atoms with E-state index in [-0.39, 0.29) is 23.2 Å². The number of ketones is 1. The molecule has 4 heteroatoms. The van der Waals surface area contributed by atoms with Crippen LogP contribution in [0.5, 0.6) is 5.75 Å². The fraction of sp³-hybridized carbons (Fsp3) is 0.286. The van der Waals surface area contributed by atoms with Crippen LogP contribution in [0.2, 0.25) is 0 Å². The van der Waals surface area contributed by atoms with Gasteiger partial charge in [0, 0.05) is 12.1 Å². The molecule has 1 aliphatic heterocycles. The van der Waals surface area contributed by atoms with E-state index in [1.165, 1.54) is 0 Å². The number of hydrogen-bond donors (Lipinski definition) is 1. The number of para-hydroxylation sites is 2. The molecule has 1 N–H and O–H groups in total. The highest BCUT2D eigenvalue weighted by Gasteiger charge is 2.43. The van der Waals surface area contributed by atoms with Crippen molar-refractivity contribution in [2.24, 2.45) is 16.3 Å². The molecule has 2 atom stereocenters. The zero-order valence-electron chi connectivity index (χ0n) is 18.5. The van der Waals surface area contributed by atoms with E-state index >= 15 is 0 Å². The predicted octanol–water partition coefficient (Wildman–Crippen LogP) is 6.51. The molecular weight excluding hydrogens is 396 g/mol. The van der Waals surface area contributed by atoms with Crippen LogP contribution in [0.1, 0.15) is 43.9 Å². The van der Waals surface area contributed by atoms with Crippen LogP contribution < -0.4 is 10.1 Å². The van der Waals surface area contributed by atoms with Crippen LogP contribution in [-0.4, -0.2) is 11.5 Å². The van der Waals surface area contributed by atoms with Gasteiger partial charge in [-0.05, 0) is 47.2 Å². The summed E-state index contributed by atoms with van der Waals surface area (Å²) in [6.45, 7) is 4.84. The van der Waals surface area contributed by atoms with Crippen molar-refractivity contribution in [3.63, 3.8) is 0 Å². The van der Waals surface area contributed by atoms with Gasteiger partial charge in [-0.25, -0.2) is 0 Å². The lowest BCUT2D eigenvalue weighted by Crippen LogP contribution is -2.42. The average Bonchev–Trinajstić information content (AvgIpc) is 2.94. The number of Topliss-reactive ketones (excluding diaryl/α,β-unsaturated/α-hetero) is 1. The summed E-state index contributed by atoms with van der Waals surface area (Å²) in [5, 5.41) is 3.63. The minimum Gasteiger partial charge on any atom is -0.489 e. The van der Waals surface area contributed by atoms with E-state index in [1.54, 1.807) is 0 Å². The van der Waals surface area contributed by atoms with Crippen molar-refractivity contribution in [1.82, 2.24) is 0 Å². The first-order valence-corrected chi connectivity index (χ1v) is 11.2. The standard InChI is InChI=1S/C28H28N2O2/c1-28(2)16-24-26(25(31)17-28)27(30-23-11-7-6-10-22(23)29-24)20-12-14-21(15-13-20)32-18-19-8-4-3-5-9-19/h3-15,26-27,30H,16-18H2,1-2H3/t26?,27-/m0/s1. The lowest BCUT2D eigenvalue weighted by Gasteiger charge is -2.37. The molecule has 0 amide bonds. The van der Waals surface area contributed by atoms with Crippen molar-refractivity contribution in [2.75, 3.05) is 5.32 Å². The highest BCUT2D eigenvalue weighted by atomic mass is 16.5. The minimum atomic E-state index is -0.258. The summed E-state index contributed by atoms with van der Waals surface area (Å²) in [7, 11) is 0. The Morgan fingerprint density at radius 1 is 0.938 bits per heavy atom. The van der Waals surface area contributed by atoms with Crippen LogP contribution in [0, 0.1) is 11.3 Å². The number of hydrogen-bond acceptors (Lipinski definition) is 4. The largest absolute Gasteiger partial charge is 0.489 e. The molecule has 3 aromatic carbocycles. The van der Waals surface area contributed by atoms with Gasteiger partial charge in [-0.15, -0.1) is 0 Å². The third kappa shape index (κ3) is 4.18. The molecule has 3 aromatic rings. The molecule has 1 unspecified atom stereocenters. The molecule has 1 aliphatic carbocycles. The van der Waals surface area contributed by atoms with E-state index in [0.29, 0.717) is 13.0 Å². The Balaban J connectivity index is 1.44. The summed E-state index contributed by atoms with van der Waals surface area (Å²) in [4.78, 5) is 18.3. The van der Waals surface area contributed by atoms with Gasteiger partial charge in [0.15, 0.2) is 0 Å². The van der Waals surface area contributed by atoms with Gasteiger partial charge in [-0.1, -0.05) is 68.4 Å². The Kier molecular flexibility index (Phi) is 5.30. The lowest BCUT2D eigenvalue weighted by molar-refractivity contribution is -0.124. The normalized spacial score (nSPS) is 21.4. The molecule has 2 aliphatic rings. The summed E-state index contributed by atoms with van der Waals surface area (Å²) in [6.07, 6.45) is 1.40. The van der Waals surface area contributed by atoms with Crippen LogP contribution in [0.25, 0.3) is 0 Å². The van der Waals surface area contributed by atoms with Crippen molar-refractivity contribution < 1.29 is 9.53 Å². The van der Waals surface area contributed by atoms with Gasteiger partial charge in [0.25, 0.3) is 0 Å². The van der Waals surface area contributed by atoms with Crippen LogP contribution in [-0.2, 0) is 11.4 Å². The van der Waals surface area contributed by atoms with Crippen LogP contribution in [0.4, 0.5) is 11.4 Å². The topological polar surface area (TPSA) is 50.7 Å². The monoisotopic (exact) mass is 424 g/mol. The third-order valence-corrected chi connectivity index (χ3v) is 6.32. The fourth-order valence-corrected chi connectivity index (χ4v) is 4.80. The number of rotatable bonds is 4. The molecule has 1 saturated carbocycles. The van der Waals surface area contributed by atoms with Crippen molar-refractivity contribution >= 4 is 22.9 Å². The van der Waals surface area contributed by atoms with Gasteiger partial charge in [-0.2, -0.15) is 0 Å². The first kappa shape index (κ1) is 20.5. The molecule has 0 spiro atoms. The molecule has 0 aromatic heterocycles. The van der Waals surface area contributed by atoms with Gasteiger partial charge in [0.1, 0.15) is 18.1 Å². The second kappa shape index (κ2) is 8.27. The maximum Gasteiger partial charge on any atom is 0.144 e. The summed E-state index contributed by atoms with van der Waals surface area (Å²) in [5.74, 6) is 0.817. The number of ether oxygens (including phenoxy) is 1. The van der Waals surface area contributed by atoms with E-state index in [4.69, 9.17) is 9.73 Å². The molecule has 0 bridgehead atoms. The second-order valence-electron chi connectivity index (χ2n) is 9.55. The number of carbonyl (C=O) groups excluding carboxylic acids is 1. The molecule has 0 radical (unpaired) electrons. The maximum atomic E-state index is 13.3. The maximum absolute atomic E-state index is 13.3. The molecule has 32 heavy (non-hydrogen) atoms. The number of anilines is 1. The number of fused-ring (bicyclic) bond motifs is 2. The van der Waals surface area contributed by atoms with Gasteiger partial charge in [0.2, 0.25) is 0 Å². The van der Waals surface area contributed by atoms with Crippen LogP contribution >= 0.6 is 0 Å². The van der Waals surface area contributed by atoms with E-state index in [0.717, 1.165) is 40.4 Å². The van der Waals surface area contributed by atoms with Gasteiger partial charge < -0.3 is 10.1 Å². The quantitative estimate of drug-likeness (QED) is 0.519. The SMILES string of the molecule is CC1(C)CC(=O)C2C(=Nc3ccccc3N[C@H]2c2ccc(OCc3ccccc3)cc2)C1. The molecule has 162 valence electrons. The summed E-state index contributed by atoms with van der Waals surface area (Å²) in [5.41, 5.74) is 5.00. The first-order valence-electron chi connectivity index (χ1n) is 11.2. The summed E-state index contributed by atoms with van der Waals surface area (Å²) < 4.78 is 5.96. The zero-order chi connectivity index (χ0) is 22.1. The Hall–Kier alpha value is -3.40. The lowest BCUT2D eigenvalue weighted by atomic mass is 9.68. The number of carbonyl (C=O) groups is 1. The molecule has 0 saturated heterocycles. The van der Waals surface area contributed by atoms with E-state index < -0.39 is 0 Å². The fourth-order valence-electron chi connectivity index (χ4n) is 4.80. The van der Waals surface area contributed by atoms with Gasteiger partial charge >= 0.3 is 0 Å². The number of benzene rings is 3. The van der Waals surface area contributed by atoms with Gasteiger partial charge in [0.05, 0.1) is 23.3 Å². The Morgan fingerprint density at radius 2 is 1.66 bits per heavy atom. The molecule has 1 heterocycles. The predicted molar refractivity (Wildman–Crippen MR) is 129 cm³/mol. The molecule has 1 fully saturated rings. The van der Waals surface area contributed by atoms with Gasteiger partial charge in [-0.3, -0.25) is 9.79 Å². The van der Waals surface area contributed by atoms with Crippen molar-refractivity contribution in [3.05, 3.63) is 90.0 Å². The zero-order valence-corrected chi connectivity index (χ0v) is 18.5. The number of nitrogens with zero attached hydrogens (tertiary/aromatic N) is 1. The third-order valence-electron chi connectivity index (χ3n) is 6.32. The molecule has 4 nitrogen and oxygen atoms in total. The minimum absolute atomic E-state index is 0.0641. The highest BCUT2D eigenvalue weighted by Crippen LogP contribution is 2.45. The second-order valence-corrected chi connectivity index (χ2v) is 9.55. The average molecular weight is 425 g/mol.